The third-order valence-electron chi connectivity index (χ3n) is 3.58. The zero-order valence-corrected chi connectivity index (χ0v) is 11.8. The molecule has 1 rings (SSSR count). The van der Waals surface area contributed by atoms with Crippen molar-refractivity contribution in [1.82, 2.24) is 0 Å². The molecule has 0 aliphatic rings. The molecule has 102 valence electrons. The molecule has 2 nitrogen and oxygen atoms in total. The first-order valence-corrected chi connectivity index (χ1v) is 7.21. The highest BCUT2D eigenvalue weighted by molar-refractivity contribution is 7.92. The van der Waals surface area contributed by atoms with Crippen LogP contribution in [-0.2, 0) is 9.84 Å². The molecule has 0 aliphatic heterocycles. The van der Waals surface area contributed by atoms with Crippen molar-refractivity contribution in [3.8, 4) is 0 Å². The molecule has 0 fully saturated rings. The Morgan fingerprint density at radius 1 is 1.06 bits per heavy atom. The highest BCUT2D eigenvalue weighted by atomic mass is 32.2. The van der Waals surface area contributed by atoms with Crippen LogP contribution in [0.1, 0.15) is 27.7 Å². The number of hydrogen-bond acceptors (Lipinski definition) is 2. The summed E-state index contributed by atoms with van der Waals surface area (Å²) in [6.07, 6.45) is 0. The van der Waals surface area contributed by atoms with Crippen molar-refractivity contribution in [3.05, 3.63) is 30.3 Å². The van der Waals surface area contributed by atoms with Crippen LogP contribution in [0.2, 0.25) is 0 Å². The SMILES string of the molecule is CC(C)C(C)(C)C(F)(F)S(=O)(=O)c1ccccc1. The summed E-state index contributed by atoms with van der Waals surface area (Å²) in [7, 11) is -4.67. The lowest BCUT2D eigenvalue weighted by Gasteiger charge is -2.36. The van der Waals surface area contributed by atoms with Gasteiger partial charge >= 0.3 is 5.25 Å². The molecule has 0 unspecified atom stereocenters. The van der Waals surface area contributed by atoms with Gasteiger partial charge in [-0.2, -0.15) is 8.78 Å². The number of benzene rings is 1. The summed E-state index contributed by atoms with van der Waals surface area (Å²) >= 11 is 0. The molecular formula is C13H18F2O2S. The molecule has 0 amide bonds. The molecule has 0 saturated carbocycles. The second-order valence-corrected chi connectivity index (χ2v) is 7.20. The second kappa shape index (κ2) is 4.61. The standard InChI is InChI=1S/C13H18F2O2S/c1-10(2)12(3,4)13(14,15)18(16,17)11-8-6-5-7-9-11/h5-10H,1-4H3. The van der Waals surface area contributed by atoms with Crippen molar-refractivity contribution in [2.75, 3.05) is 0 Å². The monoisotopic (exact) mass is 276 g/mol. The Labute approximate surface area is 107 Å². The van der Waals surface area contributed by atoms with E-state index in [1.54, 1.807) is 19.9 Å². The van der Waals surface area contributed by atoms with Gasteiger partial charge in [-0.25, -0.2) is 8.42 Å². The van der Waals surface area contributed by atoms with Gasteiger partial charge in [-0.05, 0) is 18.1 Å². The van der Waals surface area contributed by atoms with Gasteiger partial charge in [0.25, 0.3) is 0 Å². The third kappa shape index (κ3) is 2.16. The van der Waals surface area contributed by atoms with Gasteiger partial charge in [0.1, 0.15) is 0 Å². The van der Waals surface area contributed by atoms with Crippen LogP contribution in [-0.4, -0.2) is 13.7 Å². The first-order chi connectivity index (χ1) is 8.05. The average molecular weight is 276 g/mol. The lowest BCUT2D eigenvalue weighted by atomic mass is 9.81. The molecule has 18 heavy (non-hydrogen) atoms. The molecule has 0 aromatic heterocycles. The highest BCUT2D eigenvalue weighted by Gasteiger charge is 2.58. The van der Waals surface area contributed by atoms with E-state index in [2.05, 4.69) is 0 Å². The number of halogens is 2. The van der Waals surface area contributed by atoms with E-state index < -0.39 is 26.4 Å². The van der Waals surface area contributed by atoms with Crippen molar-refractivity contribution in [3.63, 3.8) is 0 Å². The maximum atomic E-state index is 14.3. The second-order valence-electron chi connectivity index (χ2n) is 5.21. The van der Waals surface area contributed by atoms with Gasteiger partial charge in [0, 0.05) is 5.41 Å². The quantitative estimate of drug-likeness (QED) is 0.839. The maximum Gasteiger partial charge on any atom is 0.355 e. The van der Waals surface area contributed by atoms with Crippen molar-refractivity contribution in [2.45, 2.75) is 37.8 Å². The van der Waals surface area contributed by atoms with Gasteiger partial charge in [-0.3, -0.25) is 0 Å². The Hall–Kier alpha value is -0.970. The molecule has 5 heteroatoms. The van der Waals surface area contributed by atoms with E-state index in [-0.39, 0.29) is 4.90 Å². The molecule has 0 radical (unpaired) electrons. The summed E-state index contributed by atoms with van der Waals surface area (Å²) in [4.78, 5) is -0.344. The van der Waals surface area contributed by atoms with Crippen molar-refractivity contribution in [2.24, 2.45) is 11.3 Å². The molecule has 0 saturated heterocycles. The molecule has 0 bridgehead atoms. The minimum absolute atomic E-state index is 0.344. The summed E-state index contributed by atoms with van der Waals surface area (Å²) in [5, 5.41) is -3.81. The van der Waals surface area contributed by atoms with Gasteiger partial charge < -0.3 is 0 Å². The van der Waals surface area contributed by atoms with Gasteiger partial charge in [-0.1, -0.05) is 45.9 Å². The Kier molecular flexibility index (Phi) is 3.86. The minimum Gasteiger partial charge on any atom is -0.217 e. The average Bonchev–Trinajstić information content (AvgIpc) is 2.29. The fourth-order valence-electron chi connectivity index (χ4n) is 1.43. The van der Waals surface area contributed by atoms with Crippen LogP contribution < -0.4 is 0 Å². The summed E-state index contributed by atoms with van der Waals surface area (Å²) in [6.45, 7) is 5.74. The molecule has 0 aliphatic carbocycles. The van der Waals surface area contributed by atoms with Crippen LogP contribution >= 0.6 is 0 Å². The van der Waals surface area contributed by atoms with E-state index in [0.29, 0.717) is 0 Å². The summed E-state index contributed by atoms with van der Waals surface area (Å²) in [5.74, 6) is -0.467. The van der Waals surface area contributed by atoms with Crippen LogP contribution in [0.4, 0.5) is 8.78 Å². The molecular weight excluding hydrogens is 258 g/mol. The number of rotatable bonds is 4. The van der Waals surface area contributed by atoms with E-state index in [4.69, 9.17) is 0 Å². The number of sulfone groups is 1. The fraction of sp³-hybridized carbons (Fsp3) is 0.538. The maximum absolute atomic E-state index is 14.3. The van der Waals surface area contributed by atoms with E-state index in [1.807, 2.05) is 0 Å². The smallest absolute Gasteiger partial charge is 0.217 e. The zero-order chi connectivity index (χ0) is 14.2. The number of hydrogen-bond donors (Lipinski definition) is 0. The Balaban J connectivity index is 3.37. The molecule has 0 spiro atoms. The predicted octanol–water partition coefficient (Wildman–Crippen LogP) is 3.74. The van der Waals surface area contributed by atoms with Crippen molar-refractivity contribution >= 4 is 9.84 Å². The first-order valence-electron chi connectivity index (χ1n) is 5.72. The van der Waals surface area contributed by atoms with Gasteiger partial charge in [-0.15, -0.1) is 0 Å². The zero-order valence-electron chi connectivity index (χ0n) is 10.9. The highest BCUT2D eigenvalue weighted by Crippen LogP contribution is 2.47. The molecule has 1 aromatic carbocycles. The predicted molar refractivity (Wildman–Crippen MR) is 67.2 cm³/mol. The van der Waals surface area contributed by atoms with Crippen LogP contribution in [0.3, 0.4) is 0 Å². The van der Waals surface area contributed by atoms with E-state index in [9.17, 15) is 17.2 Å². The van der Waals surface area contributed by atoms with Crippen LogP contribution in [0, 0.1) is 11.3 Å². The Morgan fingerprint density at radius 2 is 1.50 bits per heavy atom. The molecule has 0 N–H and O–H groups in total. The van der Waals surface area contributed by atoms with Crippen molar-refractivity contribution in [1.29, 1.82) is 0 Å². The van der Waals surface area contributed by atoms with Crippen LogP contribution in [0.5, 0.6) is 0 Å². The molecule has 1 aromatic rings. The van der Waals surface area contributed by atoms with Crippen molar-refractivity contribution < 1.29 is 17.2 Å². The third-order valence-corrected chi connectivity index (χ3v) is 5.68. The topological polar surface area (TPSA) is 34.1 Å². The summed E-state index contributed by atoms with van der Waals surface area (Å²) in [5.41, 5.74) is -1.64. The minimum atomic E-state index is -4.67. The normalized spacial score (nSPS) is 13.9. The Bertz CT molecular complexity index is 505. The molecule has 0 heterocycles. The van der Waals surface area contributed by atoms with E-state index in [1.165, 1.54) is 38.1 Å². The number of alkyl halides is 2. The van der Waals surface area contributed by atoms with Crippen LogP contribution in [0.15, 0.2) is 35.2 Å². The largest absolute Gasteiger partial charge is 0.355 e. The first kappa shape index (κ1) is 15.1. The molecule has 0 atom stereocenters. The fourth-order valence-corrected chi connectivity index (χ4v) is 3.17. The van der Waals surface area contributed by atoms with E-state index in [0.717, 1.165) is 0 Å². The Morgan fingerprint density at radius 3 is 1.89 bits per heavy atom. The van der Waals surface area contributed by atoms with Gasteiger partial charge in [0.15, 0.2) is 0 Å². The van der Waals surface area contributed by atoms with Gasteiger partial charge in [0.05, 0.1) is 4.90 Å². The van der Waals surface area contributed by atoms with Gasteiger partial charge in [0.2, 0.25) is 9.84 Å². The van der Waals surface area contributed by atoms with Crippen LogP contribution in [0.25, 0.3) is 0 Å². The summed E-state index contributed by atoms with van der Waals surface area (Å²) in [6, 6.07) is 6.85. The van der Waals surface area contributed by atoms with E-state index >= 15 is 0 Å². The summed E-state index contributed by atoms with van der Waals surface area (Å²) < 4.78 is 52.8. The lowest BCUT2D eigenvalue weighted by Crippen LogP contribution is -2.46. The lowest BCUT2D eigenvalue weighted by molar-refractivity contribution is -0.0536.